The molecule has 94 valence electrons. The van der Waals surface area contributed by atoms with E-state index in [2.05, 4.69) is 24.1 Å². The Bertz CT molecular complexity index is 230. The summed E-state index contributed by atoms with van der Waals surface area (Å²) < 4.78 is 0. The smallest absolute Gasteiger partial charge is 0.241 e. The van der Waals surface area contributed by atoms with Crippen molar-refractivity contribution >= 4 is 5.91 Å². The molecule has 0 aromatic rings. The summed E-state index contributed by atoms with van der Waals surface area (Å²) in [6, 6.07) is 0.384. The van der Waals surface area contributed by atoms with E-state index in [4.69, 9.17) is 0 Å². The van der Waals surface area contributed by atoms with Crippen molar-refractivity contribution in [2.45, 2.75) is 38.8 Å². The molecule has 0 aromatic carbocycles. The van der Waals surface area contributed by atoms with Gasteiger partial charge in [-0.3, -0.25) is 4.79 Å². The fraction of sp³-hybridized carbons (Fsp3) is 0.917. The van der Waals surface area contributed by atoms with Gasteiger partial charge in [0, 0.05) is 25.7 Å². The molecule has 0 spiro atoms. The number of nitrogens with zero attached hydrogens (tertiary/aromatic N) is 2. The van der Waals surface area contributed by atoms with Crippen LogP contribution in [0.2, 0.25) is 0 Å². The van der Waals surface area contributed by atoms with Gasteiger partial charge in [-0.15, -0.1) is 0 Å². The molecule has 0 aromatic heterocycles. The van der Waals surface area contributed by atoms with Crippen molar-refractivity contribution in [3.8, 4) is 0 Å². The minimum Gasteiger partial charge on any atom is -0.341 e. The number of amides is 1. The molecule has 1 rings (SSSR count). The van der Waals surface area contributed by atoms with Crippen molar-refractivity contribution in [3.05, 3.63) is 0 Å². The third-order valence-corrected chi connectivity index (χ3v) is 2.97. The van der Waals surface area contributed by atoms with Crippen LogP contribution in [0.5, 0.6) is 0 Å². The minimum atomic E-state index is -0.0425. The molecule has 1 N–H and O–H groups in total. The molecule has 16 heavy (non-hydrogen) atoms. The lowest BCUT2D eigenvalue weighted by Gasteiger charge is -2.26. The van der Waals surface area contributed by atoms with Crippen molar-refractivity contribution < 1.29 is 4.79 Å². The number of hydrogen-bond donors (Lipinski definition) is 1. The van der Waals surface area contributed by atoms with Crippen molar-refractivity contribution in [1.82, 2.24) is 15.1 Å². The van der Waals surface area contributed by atoms with Crippen molar-refractivity contribution in [2.75, 3.05) is 33.7 Å². The highest BCUT2D eigenvalue weighted by atomic mass is 16.2. The quantitative estimate of drug-likeness (QED) is 0.761. The van der Waals surface area contributed by atoms with Crippen LogP contribution in [0.25, 0.3) is 0 Å². The summed E-state index contributed by atoms with van der Waals surface area (Å²) in [7, 11) is 4.02. The zero-order valence-corrected chi connectivity index (χ0v) is 11.0. The molecule has 2 unspecified atom stereocenters. The Hall–Kier alpha value is -0.610. The van der Waals surface area contributed by atoms with E-state index in [1.54, 1.807) is 0 Å². The molecular formula is C12H25N3O. The van der Waals surface area contributed by atoms with E-state index < -0.39 is 0 Å². The summed E-state index contributed by atoms with van der Waals surface area (Å²) in [6.45, 7) is 6.84. The van der Waals surface area contributed by atoms with Crippen LogP contribution < -0.4 is 5.32 Å². The molecule has 1 fully saturated rings. The van der Waals surface area contributed by atoms with E-state index in [0.717, 1.165) is 32.5 Å². The molecule has 4 heteroatoms. The maximum atomic E-state index is 12.3. The summed E-state index contributed by atoms with van der Waals surface area (Å²) in [5, 5.41) is 3.42. The van der Waals surface area contributed by atoms with Crippen molar-refractivity contribution in [2.24, 2.45) is 0 Å². The molecule has 0 aliphatic carbocycles. The van der Waals surface area contributed by atoms with Crippen LogP contribution in [0, 0.1) is 0 Å². The standard InChI is InChI=1S/C12H25N3O/c1-5-7-15-8-6-10(2)13-11(12(15)16)9-14(3)4/h10-11,13H,5-9H2,1-4H3. The van der Waals surface area contributed by atoms with E-state index in [1.165, 1.54) is 0 Å². The van der Waals surface area contributed by atoms with Crippen LogP contribution in [0.4, 0.5) is 0 Å². The zero-order valence-electron chi connectivity index (χ0n) is 11.0. The molecule has 1 aliphatic heterocycles. The number of carbonyl (C=O) groups is 1. The number of hydrogen-bond acceptors (Lipinski definition) is 3. The monoisotopic (exact) mass is 227 g/mol. The van der Waals surface area contributed by atoms with Crippen LogP contribution >= 0.6 is 0 Å². The topological polar surface area (TPSA) is 35.6 Å². The second kappa shape index (κ2) is 6.21. The summed E-state index contributed by atoms with van der Waals surface area (Å²) in [5.41, 5.74) is 0. The number of rotatable bonds is 4. The third-order valence-electron chi connectivity index (χ3n) is 2.97. The second-order valence-corrected chi connectivity index (χ2v) is 5.00. The third kappa shape index (κ3) is 3.76. The first-order valence-electron chi connectivity index (χ1n) is 6.24. The zero-order chi connectivity index (χ0) is 12.1. The molecule has 0 bridgehead atoms. The predicted octanol–water partition coefficient (Wildman–Crippen LogP) is 0.537. The molecule has 0 radical (unpaired) electrons. The van der Waals surface area contributed by atoms with Gasteiger partial charge in [0.05, 0.1) is 6.04 Å². The number of likely N-dealkylation sites (N-methyl/N-ethyl adjacent to an activating group) is 1. The second-order valence-electron chi connectivity index (χ2n) is 5.00. The van der Waals surface area contributed by atoms with Gasteiger partial charge in [-0.05, 0) is 33.9 Å². The van der Waals surface area contributed by atoms with Gasteiger partial charge in [-0.25, -0.2) is 0 Å². The van der Waals surface area contributed by atoms with Gasteiger partial charge in [-0.2, -0.15) is 0 Å². The van der Waals surface area contributed by atoms with E-state index >= 15 is 0 Å². The first-order valence-corrected chi connectivity index (χ1v) is 6.24. The first kappa shape index (κ1) is 13.5. The Labute approximate surface area is 99.0 Å². The van der Waals surface area contributed by atoms with Crippen LogP contribution in [-0.2, 0) is 4.79 Å². The average molecular weight is 227 g/mol. The van der Waals surface area contributed by atoms with E-state index in [0.29, 0.717) is 6.04 Å². The highest BCUT2D eigenvalue weighted by molar-refractivity contribution is 5.82. The van der Waals surface area contributed by atoms with Gasteiger partial charge < -0.3 is 15.1 Å². The maximum absolute atomic E-state index is 12.3. The molecular weight excluding hydrogens is 202 g/mol. The molecule has 1 amide bonds. The summed E-state index contributed by atoms with van der Waals surface area (Å²) in [5.74, 6) is 0.264. The van der Waals surface area contributed by atoms with Crippen LogP contribution in [0.1, 0.15) is 26.7 Å². The van der Waals surface area contributed by atoms with Gasteiger partial charge in [0.2, 0.25) is 5.91 Å². The van der Waals surface area contributed by atoms with E-state index in [-0.39, 0.29) is 11.9 Å². The SMILES string of the molecule is CCCN1CCC(C)NC(CN(C)C)C1=O. The number of carbonyl (C=O) groups excluding carboxylic acids is 1. The molecule has 1 aliphatic rings. The van der Waals surface area contributed by atoms with Crippen molar-refractivity contribution in [3.63, 3.8) is 0 Å². The fourth-order valence-electron chi connectivity index (χ4n) is 2.17. The molecule has 4 nitrogen and oxygen atoms in total. The lowest BCUT2D eigenvalue weighted by Crippen LogP contribution is -2.50. The Balaban J connectivity index is 2.67. The van der Waals surface area contributed by atoms with Gasteiger partial charge in [0.25, 0.3) is 0 Å². The molecule has 1 heterocycles. The summed E-state index contributed by atoms with van der Waals surface area (Å²) in [6.07, 6.45) is 2.09. The first-order chi connectivity index (χ1) is 7.54. The lowest BCUT2D eigenvalue weighted by molar-refractivity contribution is -0.133. The van der Waals surface area contributed by atoms with Crippen LogP contribution in [0.3, 0.4) is 0 Å². The highest BCUT2D eigenvalue weighted by Crippen LogP contribution is 2.08. The van der Waals surface area contributed by atoms with Crippen LogP contribution in [0.15, 0.2) is 0 Å². The fourth-order valence-corrected chi connectivity index (χ4v) is 2.17. The highest BCUT2D eigenvalue weighted by Gasteiger charge is 2.28. The van der Waals surface area contributed by atoms with E-state index in [1.807, 2.05) is 19.0 Å². The Morgan fingerprint density at radius 3 is 2.75 bits per heavy atom. The minimum absolute atomic E-state index is 0.0425. The van der Waals surface area contributed by atoms with Gasteiger partial charge in [0.15, 0.2) is 0 Å². The largest absolute Gasteiger partial charge is 0.341 e. The normalized spacial score (nSPS) is 27.3. The Morgan fingerprint density at radius 2 is 2.19 bits per heavy atom. The van der Waals surface area contributed by atoms with Crippen LogP contribution in [-0.4, -0.2) is 61.5 Å². The Kier molecular flexibility index (Phi) is 5.22. The lowest BCUT2D eigenvalue weighted by atomic mass is 10.2. The van der Waals surface area contributed by atoms with Crippen molar-refractivity contribution in [1.29, 1.82) is 0 Å². The predicted molar refractivity (Wildman–Crippen MR) is 66.4 cm³/mol. The molecule has 2 atom stereocenters. The van der Waals surface area contributed by atoms with Gasteiger partial charge in [0.1, 0.15) is 0 Å². The Morgan fingerprint density at radius 1 is 1.50 bits per heavy atom. The van der Waals surface area contributed by atoms with Gasteiger partial charge in [-0.1, -0.05) is 6.92 Å². The van der Waals surface area contributed by atoms with Gasteiger partial charge >= 0.3 is 0 Å². The van der Waals surface area contributed by atoms with E-state index in [9.17, 15) is 4.79 Å². The summed E-state index contributed by atoms with van der Waals surface area (Å²) in [4.78, 5) is 16.3. The average Bonchev–Trinajstić information content (AvgIpc) is 2.31. The number of nitrogens with one attached hydrogen (secondary N) is 1. The summed E-state index contributed by atoms with van der Waals surface area (Å²) >= 11 is 0. The maximum Gasteiger partial charge on any atom is 0.241 e. The molecule has 1 saturated heterocycles. The molecule has 0 saturated carbocycles.